The van der Waals surface area contributed by atoms with Crippen LogP contribution in [0.3, 0.4) is 0 Å². The van der Waals surface area contributed by atoms with E-state index >= 15 is 4.39 Å². The van der Waals surface area contributed by atoms with E-state index in [1.807, 2.05) is 24.3 Å². The first-order valence-electron chi connectivity index (χ1n) is 14.6. The zero-order valence-electron chi connectivity index (χ0n) is 24.6. The Morgan fingerprint density at radius 1 is 0.950 bits per heavy atom. The van der Waals surface area contributed by atoms with Crippen LogP contribution in [0, 0.1) is 11.7 Å². The smallest absolute Gasteiger partial charge is 0.333 e. The van der Waals surface area contributed by atoms with Gasteiger partial charge in [0.1, 0.15) is 5.82 Å². The van der Waals surface area contributed by atoms with E-state index in [9.17, 15) is 9.90 Å². The van der Waals surface area contributed by atoms with Crippen LogP contribution in [0.25, 0.3) is 22.3 Å². The van der Waals surface area contributed by atoms with E-state index < -0.39 is 14.0 Å². The highest BCUT2D eigenvalue weighted by atomic mass is 28.3. The molecule has 0 fully saturated rings. The monoisotopic (exact) mass is 560 g/mol. The summed E-state index contributed by atoms with van der Waals surface area (Å²) in [5, 5.41) is 11.0. The van der Waals surface area contributed by atoms with Crippen LogP contribution in [-0.2, 0) is 16.0 Å². The maximum atomic E-state index is 15.2. The number of esters is 1. The maximum absolute atomic E-state index is 15.2. The molecule has 0 radical (unpaired) electrons. The second-order valence-electron chi connectivity index (χ2n) is 11.6. The van der Waals surface area contributed by atoms with Crippen LogP contribution in [0.4, 0.5) is 4.39 Å². The van der Waals surface area contributed by atoms with Crippen molar-refractivity contribution in [2.24, 2.45) is 5.92 Å². The number of rotatable bonds is 15. The molecule has 0 heterocycles. The second kappa shape index (κ2) is 15.1. The Bertz CT molecular complexity index is 1250. The Morgan fingerprint density at radius 3 is 2.20 bits per heavy atom. The average Bonchev–Trinajstić information content (AvgIpc) is 2.95. The standard InChI is InChI=1S/C35H45FO3Si/c1-6-7-8-10-27-12-14-29(15-13-27)31-18-21-33(34(36)23-31)30-16-19-32(20-17-30)40(4,5)22-9-11-28(24-37)25-39-35(38)26(2)3/h12-21,23,28,37H,2,6-11,22,24-25H2,1,3-5H3. The molecule has 1 N–H and O–H groups in total. The van der Waals surface area contributed by atoms with Gasteiger partial charge < -0.3 is 9.84 Å². The van der Waals surface area contributed by atoms with Gasteiger partial charge in [-0.15, -0.1) is 0 Å². The van der Waals surface area contributed by atoms with E-state index in [1.165, 1.54) is 30.0 Å². The molecule has 1 unspecified atom stereocenters. The molecule has 0 aliphatic heterocycles. The van der Waals surface area contributed by atoms with Crippen molar-refractivity contribution in [2.75, 3.05) is 13.2 Å². The Labute approximate surface area is 241 Å². The number of unbranched alkanes of at least 4 members (excludes halogenated alkanes) is 2. The molecule has 1 atom stereocenters. The summed E-state index contributed by atoms with van der Waals surface area (Å²) in [5.41, 5.74) is 5.11. The first-order chi connectivity index (χ1) is 19.1. The van der Waals surface area contributed by atoms with Crippen molar-refractivity contribution in [2.45, 2.75) is 71.5 Å². The molecule has 3 rings (SSSR count). The van der Waals surface area contributed by atoms with Gasteiger partial charge in [-0.2, -0.15) is 0 Å². The number of halogens is 1. The number of hydrogen-bond donors (Lipinski definition) is 1. The van der Waals surface area contributed by atoms with Crippen molar-refractivity contribution >= 4 is 19.2 Å². The summed E-state index contributed by atoms with van der Waals surface area (Å²) in [5.74, 6) is -0.688. The molecule has 0 aromatic heterocycles. The summed E-state index contributed by atoms with van der Waals surface area (Å²) in [6.45, 7) is 12.3. The van der Waals surface area contributed by atoms with Crippen LogP contribution in [0.2, 0.25) is 19.1 Å². The molecule has 0 saturated heterocycles. The highest BCUT2D eigenvalue weighted by molar-refractivity contribution is 6.89. The molecule has 0 aliphatic rings. The molecule has 0 aliphatic carbocycles. The number of aliphatic hydroxyl groups excluding tert-OH is 1. The summed E-state index contributed by atoms with van der Waals surface area (Å²) >= 11 is 0. The van der Waals surface area contributed by atoms with Crippen molar-refractivity contribution in [3.8, 4) is 22.3 Å². The van der Waals surface area contributed by atoms with Crippen LogP contribution < -0.4 is 5.19 Å². The fourth-order valence-electron chi connectivity index (χ4n) is 4.99. The molecule has 5 heteroatoms. The minimum atomic E-state index is -1.73. The van der Waals surface area contributed by atoms with Crippen molar-refractivity contribution < 1.29 is 19.0 Å². The third-order valence-electron chi connectivity index (χ3n) is 7.77. The van der Waals surface area contributed by atoms with Crippen molar-refractivity contribution in [1.82, 2.24) is 0 Å². The summed E-state index contributed by atoms with van der Waals surface area (Å²) in [6, 6.07) is 23.4. The summed E-state index contributed by atoms with van der Waals surface area (Å²) < 4.78 is 20.4. The lowest BCUT2D eigenvalue weighted by molar-refractivity contribution is -0.140. The molecule has 0 saturated carbocycles. The Balaban J connectivity index is 1.60. The van der Waals surface area contributed by atoms with E-state index in [0.717, 1.165) is 42.0 Å². The van der Waals surface area contributed by atoms with Gasteiger partial charge in [-0.05, 0) is 54.5 Å². The van der Waals surface area contributed by atoms with Gasteiger partial charge >= 0.3 is 5.97 Å². The highest BCUT2D eigenvalue weighted by Gasteiger charge is 2.24. The fraction of sp³-hybridized carbons (Fsp3) is 0.400. The van der Waals surface area contributed by atoms with E-state index in [1.54, 1.807) is 13.0 Å². The number of carbonyl (C=O) groups is 1. The lowest BCUT2D eigenvalue weighted by Gasteiger charge is -2.24. The predicted octanol–water partition coefficient (Wildman–Crippen LogP) is 8.32. The van der Waals surface area contributed by atoms with Gasteiger partial charge in [0.2, 0.25) is 0 Å². The lowest BCUT2D eigenvalue weighted by atomic mass is 9.98. The zero-order valence-corrected chi connectivity index (χ0v) is 25.6. The minimum absolute atomic E-state index is 0.00510. The topological polar surface area (TPSA) is 46.5 Å². The van der Waals surface area contributed by atoms with Gasteiger partial charge in [0, 0.05) is 23.7 Å². The van der Waals surface area contributed by atoms with Gasteiger partial charge in [-0.25, -0.2) is 9.18 Å². The molecule has 3 nitrogen and oxygen atoms in total. The molecule has 214 valence electrons. The van der Waals surface area contributed by atoms with Crippen molar-refractivity contribution in [1.29, 1.82) is 0 Å². The average molecular weight is 561 g/mol. The van der Waals surface area contributed by atoms with Gasteiger partial charge in [0.15, 0.2) is 0 Å². The van der Waals surface area contributed by atoms with E-state index in [2.05, 4.69) is 63.0 Å². The predicted molar refractivity (Wildman–Crippen MR) is 168 cm³/mol. The summed E-state index contributed by atoms with van der Waals surface area (Å²) in [7, 11) is -1.73. The Kier molecular flexibility index (Phi) is 11.9. The molecule has 0 amide bonds. The largest absolute Gasteiger partial charge is 0.462 e. The maximum Gasteiger partial charge on any atom is 0.333 e. The van der Waals surface area contributed by atoms with Crippen LogP contribution in [0.15, 0.2) is 78.9 Å². The Morgan fingerprint density at radius 2 is 1.60 bits per heavy atom. The molecular weight excluding hydrogens is 515 g/mol. The summed E-state index contributed by atoms with van der Waals surface area (Å²) in [4.78, 5) is 11.6. The number of hydrogen-bond acceptors (Lipinski definition) is 3. The third-order valence-corrected chi connectivity index (χ3v) is 11.3. The number of ether oxygens (including phenoxy) is 1. The molecule has 0 spiro atoms. The quantitative estimate of drug-likeness (QED) is 0.0880. The van der Waals surface area contributed by atoms with E-state index in [-0.39, 0.29) is 24.9 Å². The summed E-state index contributed by atoms with van der Waals surface area (Å²) in [6.07, 6.45) is 6.51. The first-order valence-corrected chi connectivity index (χ1v) is 17.8. The van der Waals surface area contributed by atoms with Gasteiger partial charge in [0.05, 0.1) is 14.7 Å². The second-order valence-corrected chi connectivity index (χ2v) is 16.5. The van der Waals surface area contributed by atoms with Crippen LogP contribution >= 0.6 is 0 Å². The third kappa shape index (κ3) is 9.00. The van der Waals surface area contributed by atoms with Crippen LogP contribution in [0.1, 0.15) is 51.5 Å². The van der Waals surface area contributed by atoms with Crippen LogP contribution in [-0.4, -0.2) is 32.4 Å². The Hall–Kier alpha value is -3.02. The minimum Gasteiger partial charge on any atom is -0.462 e. The van der Waals surface area contributed by atoms with E-state index in [0.29, 0.717) is 11.1 Å². The van der Waals surface area contributed by atoms with E-state index in [4.69, 9.17) is 4.74 Å². The fourth-order valence-corrected chi connectivity index (χ4v) is 7.44. The highest BCUT2D eigenvalue weighted by Crippen LogP contribution is 2.29. The number of benzene rings is 3. The SMILES string of the molecule is C=C(C)C(=O)OCC(CO)CCC[Si](C)(C)c1ccc(-c2ccc(-c3ccc(CCCCC)cc3)cc2F)cc1. The number of aliphatic hydroxyl groups is 1. The molecular formula is C35H45FO3Si. The molecule has 0 bridgehead atoms. The normalized spacial score (nSPS) is 12.2. The number of aryl methyl sites for hydroxylation is 1. The zero-order chi connectivity index (χ0) is 29.1. The number of carbonyl (C=O) groups excluding carboxylic acids is 1. The van der Waals surface area contributed by atoms with Gasteiger partial charge in [0.25, 0.3) is 0 Å². The van der Waals surface area contributed by atoms with Crippen LogP contribution in [0.5, 0.6) is 0 Å². The van der Waals surface area contributed by atoms with Gasteiger partial charge in [-0.1, -0.05) is 118 Å². The van der Waals surface area contributed by atoms with Crippen molar-refractivity contribution in [3.05, 3.63) is 90.3 Å². The molecule has 3 aromatic carbocycles. The lowest BCUT2D eigenvalue weighted by Crippen LogP contribution is -2.41. The van der Waals surface area contributed by atoms with Gasteiger partial charge in [-0.3, -0.25) is 0 Å². The molecule has 40 heavy (non-hydrogen) atoms. The first kappa shape index (κ1) is 31.5. The molecule has 3 aromatic rings. The van der Waals surface area contributed by atoms with Crippen molar-refractivity contribution in [3.63, 3.8) is 0 Å².